The van der Waals surface area contributed by atoms with Gasteiger partial charge in [0.25, 0.3) is 0 Å². The Labute approximate surface area is 147 Å². The summed E-state index contributed by atoms with van der Waals surface area (Å²) in [4.78, 5) is 0. The maximum atomic E-state index is 13.6. The van der Waals surface area contributed by atoms with Gasteiger partial charge in [-0.05, 0) is 31.5 Å². The molecule has 0 atom stereocenters. The van der Waals surface area contributed by atoms with Gasteiger partial charge in [-0.3, -0.25) is 4.57 Å². The number of hydrogen-bond donors (Lipinski definition) is 0. The van der Waals surface area contributed by atoms with Crippen molar-refractivity contribution in [3.63, 3.8) is 0 Å². The van der Waals surface area contributed by atoms with E-state index in [4.69, 9.17) is 9.05 Å². The van der Waals surface area contributed by atoms with Crippen molar-refractivity contribution in [2.24, 2.45) is 0 Å². The van der Waals surface area contributed by atoms with Crippen LogP contribution in [0.25, 0.3) is 16.8 Å². The molecule has 0 aliphatic rings. The summed E-state index contributed by atoms with van der Waals surface area (Å²) in [5, 5.41) is 4.48. The summed E-state index contributed by atoms with van der Waals surface area (Å²) in [5.41, 5.74) is 2.92. The second-order valence-electron chi connectivity index (χ2n) is 5.33. The van der Waals surface area contributed by atoms with Crippen LogP contribution >= 0.6 is 7.60 Å². The summed E-state index contributed by atoms with van der Waals surface area (Å²) >= 11 is 0. The van der Waals surface area contributed by atoms with Gasteiger partial charge in [-0.15, -0.1) is 0 Å². The van der Waals surface area contributed by atoms with Gasteiger partial charge >= 0.3 is 7.60 Å². The molecule has 130 valence electrons. The molecule has 25 heavy (non-hydrogen) atoms. The lowest BCUT2D eigenvalue weighted by atomic mass is 10.1. The zero-order valence-electron chi connectivity index (χ0n) is 14.3. The van der Waals surface area contributed by atoms with E-state index in [1.54, 1.807) is 24.7 Å². The van der Waals surface area contributed by atoms with Gasteiger partial charge in [-0.2, -0.15) is 5.10 Å². The van der Waals surface area contributed by atoms with Crippen LogP contribution in [0.4, 0.5) is 0 Å². The highest BCUT2D eigenvalue weighted by molar-refractivity contribution is 7.62. The van der Waals surface area contributed by atoms with Crippen molar-refractivity contribution < 1.29 is 13.6 Å². The number of aromatic nitrogens is 2. The summed E-state index contributed by atoms with van der Waals surface area (Å²) in [5.74, 6) is 0. The molecule has 3 aromatic rings. The van der Waals surface area contributed by atoms with E-state index in [-0.39, 0.29) is 13.2 Å². The average molecular weight is 356 g/mol. The molecular formula is C19H21N2O3P. The molecule has 2 aromatic carbocycles. The van der Waals surface area contributed by atoms with Crippen molar-refractivity contribution in [1.82, 2.24) is 9.78 Å². The molecule has 0 bridgehead atoms. The maximum absolute atomic E-state index is 13.6. The van der Waals surface area contributed by atoms with Gasteiger partial charge in [0, 0.05) is 5.56 Å². The number of benzene rings is 2. The Balaban J connectivity index is 2.25. The minimum atomic E-state index is -3.53. The van der Waals surface area contributed by atoms with E-state index in [9.17, 15) is 4.57 Å². The lowest BCUT2D eigenvalue weighted by Crippen LogP contribution is -2.22. The third-order valence-electron chi connectivity index (χ3n) is 3.69. The first-order chi connectivity index (χ1) is 12.2. The highest BCUT2D eigenvalue weighted by Crippen LogP contribution is 2.49. The summed E-state index contributed by atoms with van der Waals surface area (Å²) in [6, 6.07) is 19.3. The van der Waals surface area contributed by atoms with Crippen molar-refractivity contribution in [3.8, 4) is 16.8 Å². The SMILES string of the molecule is CCOP(=O)(OCC)c1c(-c2ccccc2)cnn1-c1ccccc1. The molecule has 3 rings (SSSR count). The molecule has 0 fully saturated rings. The van der Waals surface area contributed by atoms with Crippen LogP contribution in [0, 0.1) is 0 Å². The first-order valence-corrected chi connectivity index (χ1v) is 9.82. The van der Waals surface area contributed by atoms with Crippen LogP contribution in [0.15, 0.2) is 66.9 Å². The van der Waals surface area contributed by atoms with Crippen LogP contribution in [0.3, 0.4) is 0 Å². The molecular weight excluding hydrogens is 335 g/mol. The molecule has 6 heteroatoms. The predicted octanol–water partition coefficient (Wildman–Crippen LogP) is 4.43. The average Bonchev–Trinajstić information content (AvgIpc) is 3.09. The molecule has 0 unspecified atom stereocenters. The van der Waals surface area contributed by atoms with Crippen LogP contribution in [-0.2, 0) is 13.6 Å². The van der Waals surface area contributed by atoms with Crippen molar-refractivity contribution in [1.29, 1.82) is 0 Å². The van der Waals surface area contributed by atoms with Gasteiger partial charge in [-0.25, -0.2) is 4.68 Å². The summed E-state index contributed by atoms with van der Waals surface area (Å²) in [6.45, 7) is 4.17. The summed E-state index contributed by atoms with van der Waals surface area (Å²) in [7, 11) is -3.53. The summed E-state index contributed by atoms with van der Waals surface area (Å²) < 4.78 is 26.4. The van der Waals surface area contributed by atoms with Gasteiger partial charge in [0.05, 0.1) is 25.1 Å². The molecule has 0 radical (unpaired) electrons. The van der Waals surface area contributed by atoms with E-state index in [1.807, 2.05) is 60.7 Å². The van der Waals surface area contributed by atoms with Crippen LogP contribution in [-0.4, -0.2) is 23.0 Å². The van der Waals surface area contributed by atoms with Crippen molar-refractivity contribution in [2.75, 3.05) is 13.2 Å². The largest absolute Gasteiger partial charge is 0.380 e. The first kappa shape index (κ1) is 17.6. The van der Waals surface area contributed by atoms with Crippen LogP contribution in [0.2, 0.25) is 0 Å². The molecule has 0 aliphatic carbocycles. The van der Waals surface area contributed by atoms with Crippen molar-refractivity contribution in [3.05, 3.63) is 66.9 Å². The number of nitrogens with zero attached hydrogens (tertiary/aromatic N) is 2. The monoisotopic (exact) mass is 356 g/mol. The van der Waals surface area contributed by atoms with Gasteiger partial charge in [-0.1, -0.05) is 48.5 Å². The van der Waals surface area contributed by atoms with E-state index in [0.717, 1.165) is 16.8 Å². The Kier molecular flexibility index (Phi) is 5.49. The fourth-order valence-electron chi connectivity index (χ4n) is 2.68. The van der Waals surface area contributed by atoms with Gasteiger partial charge in [0.2, 0.25) is 0 Å². The standard InChI is InChI=1S/C19H21N2O3P/c1-3-23-25(22,24-4-2)19-18(16-11-7-5-8-12-16)15-20-21(19)17-13-9-6-10-14-17/h5-15H,3-4H2,1-2H3. The second kappa shape index (κ2) is 7.79. The summed E-state index contributed by atoms with van der Waals surface area (Å²) in [6.07, 6.45) is 1.71. The van der Waals surface area contributed by atoms with Crippen LogP contribution in [0.5, 0.6) is 0 Å². The topological polar surface area (TPSA) is 53.4 Å². The Bertz CT molecular complexity index is 796. The fourth-order valence-corrected chi connectivity index (χ4v) is 4.56. The van der Waals surface area contributed by atoms with Crippen LogP contribution < -0.4 is 5.44 Å². The minimum absolute atomic E-state index is 0.283. The highest BCUT2D eigenvalue weighted by Gasteiger charge is 2.35. The van der Waals surface area contributed by atoms with Crippen molar-refractivity contribution in [2.45, 2.75) is 13.8 Å². The van der Waals surface area contributed by atoms with Gasteiger partial charge in [0.1, 0.15) is 0 Å². The molecule has 0 saturated carbocycles. The molecule has 0 spiro atoms. The Hall–Kier alpha value is -2.20. The Morgan fingerprint density at radius 2 is 1.48 bits per heavy atom. The minimum Gasteiger partial charge on any atom is -0.304 e. The molecule has 5 nitrogen and oxygen atoms in total. The van der Waals surface area contributed by atoms with Crippen molar-refractivity contribution >= 4 is 13.0 Å². The lowest BCUT2D eigenvalue weighted by molar-refractivity contribution is 0.229. The van der Waals surface area contributed by atoms with E-state index >= 15 is 0 Å². The zero-order valence-corrected chi connectivity index (χ0v) is 15.2. The third-order valence-corrected chi connectivity index (χ3v) is 5.83. The fraction of sp³-hybridized carbons (Fsp3) is 0.211. The molecule has 0 saturated heterocycles. The smallest absolute Gasteiger partial charge is 0.304 e. The van der Waals surface area contributed by atoms with E-state index in [1.165, 1.54) is 0 Å². The molecule has 0 N–H and O–H groups in total. The third kappa shape index (κ3) is 3.59. The zero-order chi connectivity index (χ0) is 17.7. The molecule has 0 aliphatic heterocycles. The molecule has 1 aromatic heterocycles. The quantitative estimate of drug-likeness (QED) is 0.588. The predicted molar refractivity (Wildman–Crippen MR) is 99.5 cm³/mol. The van der Waals surface area contributed by atoms with E-state index in [2.05, 4.69) is 5.10 Å². The molecule has 0 amide bonds. The Morgan fingerprint density at radius 1 is 0.920 bits per heavy atom. The van der Waals surface area contributed by atoms with Gasteiger partial charge < -0.3 is 9.05 Å². The number of hydrogen-bond acceptors (Lipinski definition) is 4. The number of rotatable bonds is 7. The first-order valence-electron chi connectivity index (χ1n) is 8.28. The Morgan fingerprint density at radius 3 is 2.04 bits per heavy atom. The number of para-hydroxylation sites is 1. The van der Waals surface area contributed by atoms with E-state index < -0.39 is 7.60 Å². The highest BCUT2D eigenvalue weighted by atomic mass is 31.2. The van der Waals surface area contributed by atoms with E-state index in [0.29, 0.717) is 5.44 Å². The normalized spacial score (nSPS) is 11.6. The van der Waals surface area contributed by atoms with Crippen LogP contribution in [0.1, 0.15) is 13.8 Å². The lowest BCUT2D eigenvalue weighted by Gasteiger charge is -2.20. The molecule has 1 heterocycles. The maximum Gasteiger partial charge on any atom is 0.380 e. The van der Waals surface area contributed by atoms with Gasteiger partial charge in [0.15, 0.2) is 5.44 Å². The second-order valence-corrected chi connectivity index (χ2v) is 7.26.